The normalized spacial score (nSPS) is 16.1. The molecule has 7 nitrogen and oxygen atoms in total. The zero-order valence-electron chi connectivity index (χ0n) is 7.93. The molecular weight excluding hydrogens is 200 g/mol. The molecule has 82 valence electrons. The Hall–Kier alpha value is -2.05. The second kappa shape index (κ2) is 4.99. The fourth-order valence-electron chi connectivity index (χ4n) is 1.06. The van der Waals surface area contributed by atoms with Crippen LogP contribution in [-0.2, 0) is 9.59 Å². The van der Waals surface area contributed by atoms with Crippen LogP contribution in [0.5, 0.6) is 0 Å². The van der Waals surface area contributed by atoms with E-state index in [-0.39, 0.29) is 6.42 Å². The first-order valence-electron chi connectivity index (χ1n) is 4.31. The largest absolute Gasteiger partial charge is 0.480 e. The molecule has 0 aromatic heterocycles. The number of rotatable bonds is 5. The van der Waals surface area contributed by atoms with E-state index in [1.807, 2.05) is 0 Å². The molecule has 1 rings (SSSR count). The number of aliphatic carboxylic acids is 1. The van der Waals surface area contributed by atoms with Gasteiger partial charge in [0.1, 0.15) is 18.5 Å². The maximum absolute atomic E-state index is 10.7. The standard InChI is InChI=1S/C8H12N4O3/c9-6(13)3-5(8(14)15)12-7-1-2-10-4-11-7/h1-2,5,11-12H,3-4H2,(H2,9,13)(H,14,15)/t5-/m0/s1. The highest BCUT2D eigenvalue weighted by Crippen LogP contribution is 1.96. The van der Waals surface area contributed by atoms with E-state index in [1.54, 1.807) is 12.3 Å². The minimum atomic E-state index is -1.13. The Labute approximate surface area is 86.1 Å². The van der Waals surface area contributed by atoms with Crippen molar-refractivity contribution in [2.24, 2.45) is 10.7 Å². The van der Waals surface area contributed by atoms with E-state index in [9.17, 15) is 9.59 Å². The number of primary amides is 1. The average molecular weight is 212 g/mol. The highest BCUT2D eigenvalue weighted by molar-refractivity contribution is 5.83. The maximum atomic E-state index is 10.7. The first-order valence-corrected chi connectivity index (χ1v) is 4.31. The van der Waals surface area contributed by atoms with Crippen molar-refractivity contribution in [2.75, 3.05) is 6.67 Å². The number of carbonyl (C=O) groups excluding carboxylic acids is 1. The molecule has 0 unspecified atom stereocenters. The lowest BCUT2D eigenvalue weighted by Gasteiger charge is -2.18. The zero-order chi connectivity index (χ0) is 11.3. The van der Waals surface area contributed by atoms with Crippen molar-refractivity contribution < 1.29 is 14.7 Å². The van der Waals surface area contributed by atoms with E-state index in [4.69, 9.17) is 10.8 Å². The Kier molecular flexibility index (Phi) is 3.67. The summed E-state index contributed by atoms with van der Waals surface area (Å²) in [5.74, 6) is -1.28. The van der Waals surface area contributed by atoms with Crippen molar-refractivity contribution in [1.82, 2.24) is 10.6 Å². The number of nitrogens with zero attached hydrogens (tertiary/aromatic N) is 1. The molecule has 0 aromatic rings. The molecular formula is C8H12N4O3. The molecule has 0 aromatic carbocycles. The number of carbonyl (C=O) groups is 2. The first kappa shape index (κ1) is 11.0. The van der Waals surface area contributed by atoms with Crippen molar-refractivity contribution in [2.45, 2.75) is 12.5 Å². The lowest BCUT2D eigenvalue weighted by Crippen LogP contribution is -2.43. The van der Waals surface area contributed by atoms with Crippen LogP contribution in [0.1, 0.15) is 6.42 Å². The molecule has 1 amide bonds. The fourth-order valence-corrected chi connectivity index (χ4v) is 1.06. The van der Waals surface area contributed by atoms with Crippen molar-refractivity contribution in [3.63, 3.8) is 0 Å². The smallest absolute Gasteiger partial charge is 0.326 e. The molecule has 0 fully saturated rings. The Morgan fingerprint density at radius 2 is 2.47 bits per heavy atom. The van der Waals surface area contributed by atoms with Crippen molar-refractivity contribution >= 4 is 18.1 Å². The summed E-state index contributed by atoms with van der Waals surface area (Å²) in [7, 11) is 0. The van der Waals surface area contributed by atoms with Gasteiger partial charge in [0.05, 0.1) is 6.42 Å². The lowest BCUT2D eigenvalue weighted by atomic mass is 10.2. The topological polar surface area (TPSA) is 117 Å². The van der Waals surface area contributed by atoms with E-state index >= 15 is 0 Å². The number of carboxylic acids is 1. The van der Waals surface area contributed by atoms with E-state index in [0.29, 0.717) is 12.5 Å². The fraction of sp³-hybridized carbons (Fsp3) is 0.375. The number of nitrogens with two attached hydrogens (primary N) is 1. The number of nitrogens with one attached hydrogen (secondary N) is 2. The summed E-state index contributed by atoms with van der Waals surface area (Å²) >= 11 is 0. The maximum Gasteiger partial charge on any atom is 0.326 e. The zero-order valence-corrected chi connectivity index (χ0v) is 7.93. The molecule has 0 saturated carbocycles. The Balaban J connectivity index is 2.57. The van der Waals surface area contributed by atoms with Gasteiger partial charge in [-0.15, -0.1) is 0 Å². The number of aliphatic imine (C=N–C) groups is 1. The number of hydrogen-bond acceptors (Lipinski definition) is 5. The molecule has 7 heteroatoms. The van der Waals surface area contributed by atoms with Gasteiger partial charge < -0.3 is 21.5 Å². The molecule has 0 radical (unpaired) electrons. The minimum Gasteiger partial charge on any atom is -0.480 e. The summed E-state index contributed by atoms with van der Waals surface area (Å²) in [6, 6.07) is -1.02. The predicted octanol–water partition coefficient (Wildman–Crippen LogP) is -1.62. The van der Waals surface area contributed by atoms with Crippen LogP contribution in [0.3, 0.4) is 0 Å². The number of allylic oxidation sites excluding steroid dienone is 1. The Bertz CT molecular complexity index is 324. The van der Waals surface area contributed by atoms with Crippen LogP contribution in [-0.4, -0.2) is 35.9 Å². The van der Waals surface area contributed by atoms with Gasteiger partial charge in [-0.1, -0.05) is 0 Å². The van der Waals surface area contributed by atoms with Gasteiger partial charge in [-0.05, 0) is 6.08 Å². The van der Waals surface area contributed by atoms with Crippen molar-refractivity contribution in [1.29, 1.82) is 0 Å². The Morgan fingerprint density at radius 3 is 2.93 bits per heavy atom. The van der Waals surface area contributed by atoms with Crippen LogP contribution in [0.15, 0.2) is 16.9 Å². The number of hydrogen-bond donors (Lipinski definition) is 4. The van der Waals surface area contributed by atoms with Crippen LogP contribution in [0.2, 0.25) is 0 Å². The summed E-state index contributed by atoms with van der Waals surface area (Å²) in [5.41, 5.74) is 4.93. The van der Waals surface area contributed by atoms with Crippen LogP contribution < -0.4 is 16.4 Å². The van der Waals surface area contributed by atoms with Crippen LogP contribution in [0, 0.1) is 0 Å². The van der Waals surface area contributed by atoms with E-state index in [2.05, 4.69) is 15.6 Å². The van der Waals surface area contributed by atoms with Crippen LogP contribution in [0.4, 0.5) is 0 Å². The second-order valence-electron chi connectivity index (χ2n) is 2.95. The van der Waals surface area contributed by atoms with Gasteiger partial charge in [-0.2, -0.15) is 0 Å². The quantitative estimate of drug-likeness (QED) is 0.437. The van der Waals surface area contributed by atoms with Gasteiger partial charge in [-0.3, -0.25) is 9.79 Å². The van der Waals surface area contributed by atoms with Crippen molar-refractivity contribution in [3.8, 4) is 0 Å². The summed E-state index contributed by atoms with van der Waals surface area (Å²) in [6.07, 6.45) is 2.87. The minimum absolute atomic E-state index is 0.258. The van der Waals surface area contributed by atoms with Gasteiger partial charge >= 0.3 is 5.97 Å². The van der Waals surface area contributed by atoms with Crippen LogP contribution >= 0.6 is 0 Å². The SMILES string of the molecule is NC(=O)C[C@H](NC1=CC=NCN1)C(=O)O. The highest BCUT2D eigenvalue weighted by Gasteiger charge is 2.20. The molecule has 1 aliphatic heterocycles. The Morgan fingerprint density at radius 1 is 1.73 bits per heavy atom. The third-order valence-corrected chi connectivity index (χ3v) is 1.74. The molecule has 0 bridgehead atoms. The van der Waals surface area contributed by atoms with Crippen LogP contribution in [0.25, 0.3) is 0 Å². The molecule has 0 saturated heterocycles. The summed E-state index contributed by atoms with van der Waals surface area (Å²) < 4.78 is 0. The van der Waals surface area contributed by atoms with E-state index in [1.165, 1.54) is 0 Å². The summed E-state index contributed by atoms with van der Waals surface area (Å²) in [4.78, 5) is 25.2. The monoisotopic (exact) mass is 212 g/mol. The first-order chi connectivity index (χ1) is 7.09. The van der Waals surface area contributed by atoms with Crippen molar-refractivity contribution in [3.05, 3.63) is 11.9 Å². The highest BCUT2D eigenvalue weighted by atomic mass is 16.4. The van der Waals surface area contributed by atoms with Gasteiger partial charge in [0.2, 0.25) is 5.91 Å². The second-order valence-corrected chi connectivity index (χ2v) is 2.95. The lowest BCUT2D eigenvalue weighted by molar-refractivity contribution is -0.141. The van der Waals surface area contributed by atoms with Gasteiger partial charge in [0, 0.05) is 6.21 Å². The average Bonchev–Trinajstić information content (AvgIpc) is 2.17. The summed E-state index contributed by atoms with van der Waals surface area (Å²) in [6.45, 7) is 0.377. The molecule has 1 atom stereocenters. The molecule has 1 aliphatic rings. The molecule has 1 heterocycles. The van der Waals surface area contributed by atoms with Gasteiger partial charge in [0.25, 0.3) is 0 Å². The molecule has 0 aliphatic carbocycles. The third kappa shape index (κ3) is 3.67. The molecule has 15 heavy (non-hydrogen) atoms. The molecule has 0 spiro atoms. The number of carboxylic acid groups (broad SMARTS) is 1. The van der Waals surface area contributed by atoms with E-state index < -0.39 is 17.9 Å². The molecule has 5 N–H and O–H groups in total. The van der Waals surface area contributed by atoms with E-state index in [0.717, 1.165) is 0 Å². The third-order valence-electron chi connectivity index (χ3n) is 1.74. The van der Waals surface area contributed by atoms with Gasteiger partial charge in [0.15, 0.2) is 0 Å². The predicted molar refractivity (Wildman–Crippen MR) is 52.9 cm³/mol. The summed E-state index contributed by atoms with van der Waals surface area (Å²) in [5, 5.41) is 14.3. The van der Waals surface area contributed by atoms with Gasteiger partial charge in [-0.25, -0.2) is 4.79 Å². The number of amides is 1.